The molecule has 0 aromatic rings. The second kappa shape index (κ2) is 16.4. The van der Waals surface area contributed by atoms with Gasteiger partial charge in [0.05, 0.1) is 0 Å². The summed E-state index contributed by atoms with van der Waals surface area (Å²) in [6, 6.07) is 0. The molecule has 0 saturated heterocycles. The van der Waals surface area contributed by atoms with E-state index in [1.54, 1.807) is 0 Å². The number of halogens is 2. The van der Waals surface area contributed by atoms with Gasteiger partial charge in [-0.3, -0.25) is 0 Å². The normalized spacial score (nSPS) is 0. The van der Waals surface area contributed by atoms with E-state index in [1.807, 2.05) is 0 Å². The number of hydrogen-bond donors (Lipinski definition) is 0. The minimum absolute atomic E-state index is 0. The maximum atomic E-state index is 0. The summed E-state index contributed by atoms with van der Waals surface area (Å²) in [7, 11) is 0. The van der Waals surface area contributed by atoms with Crippen molar-refractivity contribution >= 4 is 36.4 Å². The Kier molecular flexibility index (Phi) is 112. The van der Waals surface area contributed by atoms with Crippen molar-refractivity contribution in [1.82, 2.24) is 0 Å². The summed E-state index contributed by atoms with van der Waals surface area (Å²) >= 11 is 0. The topological polar surface area (TPSA) is 0 Å². The molecule has 0 heterocycles. The van der Waals surface area contributed by atoms with Crippen molar-refractivity contribution in [3.05, 3.63) is 0 Å². The molecule has 4 heteroatoms. The van der Waals surface area contributed by atoms with E-state index in [4.69, 9.17) is 0 Å². The summed E-state index contributed by atoms with van der Waals surface area (Å²) in [6.07, 6.45) is 0. The summed E-state index contributed by atoms with van der Waals surface area (Å²) in [4.78, 5) is 0. The summed E-state index contributed by atoms with van der Waals surface area (Å²) < 4.78 is 0. The standard InChI is InChI=1S/ClH.Co.HI.K.H/h1H;;1H;;/q;;;+1;-1. The Morgan fingerprint density at radius 1 is 1.25 bits per heavy atom. The monoisotopic (exact) mass is 263 g/mol. The van der Waals surface area contributed by atoms with Crippen LogP contribution in [0.5, 0.6) is 0 Å². The maximum absolute atomic E-state index is 0. The molecule has 0 fully saturated rings. The van der Waals surface area contributed by atoms with Crippen LogP contribution in [0.15, 0.2) is 0 Å². The second-order valence-corrected chi connectivity index (χ2v) is 0. The Bertz CT molecular complexity index is 11.6. The number of hydrogen-bond acceptors (Lipinski definition) is 0. The molecule has 0 bridgehead atoms. The SMILES string of the molecule is Cl.I.[Co].[H-].[K+]. The van der Waals surface area contributed by atoms with E-state index < -0.39 is 0 Å². The molecule has 0 atom stereocenters. The summed E-state index contributed by atoms with van der Waals surface area (Å²) in [6.45, 7) is 0. The van der Waals surface area contributed by atoms with E-state index in [1.165, 1.54) is 0 Å². The van der Waals surface area contributed by atoms with Gasteiger partial charge >= 0.3 is 51.4 Å². The average Bonchev–Trinajstić information content (AvgIpc) is 0. The fourth-order valence-corrected chi connectivity index (χ4v) is 0. The van der Waals surface area contributed by atoms with Crippen LogP contribution in [0.2, 0.25) is 0 Å². The molecule has 0 nitrogen and oxygen atoms in total. The molecule has 4 heavy (non-hydrogen) atoms. The first-order valence-corrected chi connectivity index (χ1v) is 0. The van der Waals surface area contributed by atoms with Gasteiger partial charge in [-0.1, -0.05) is 0 Å². The van der Waals surface area contributed by atoms with Crippen molar-refractivity contribution in [2.45, 2.75) is 0 Å². The van der Waals surface area contributed by atoms with Crippen LogP contribution in [0.3, 0.4) is 0 Å². The summed E-state index contributed by atoms with van der Waals surface area (Å²) in [5, 5.41) is 0. The smallest absolute Gasteiger partial charge is 1.00 e. The molecule has 0 aromatic heterocycles. The van der Waals surface area contributed by atoms with E-state index in [0.717, 1.165) is 0 Å². The molecule has 0 spiro atoms. The van der Waals surface area contributed by atoms with E-state index in [-0.39, 0.29) is 106 Å². The number of rotatable bonds is 0. The molecule has 0 aromatic carbocycles. The first-order chi connectivity index (χ1) is 0. The van der Waals surface area contributed by atoms with Gasteiger partial charge in [-0.15, -0.1) is 36.4 Å². The summed E-state index contributed by atoms with van der Waals surface area (Å²) in [5.74, 6) is 0. The zero-order valence-electron chi connectivity index (χ0n) is 3.15. The largest absolute Gasteiger partial charge is 1.00 e. The van der Waals surface area contributed by atoms with E-state index >= 15 is 0 Å². The molecule has 0 aliphatic rings. The molecule has 27 valence electrons. The second-order valence-electron chi connectivity index (χ2n) is 0. The van der Waals surface area contributed by atoms with Crippen LogP contribution in [-0.2, 0) is 16.8 Å². The molecule has 1 radical (unpaired) electrons. The van der Waals surface area contributed by atoms with Crippen molar-refractivity contribution in [2.24, 2.45) is 0 Å². The molecule has 0 N–H and O–H groups in total. The van der Waals surface area contributed by atoms with Crippen molar-refractivity contribution in [2.75, 3.05) is 0 Å². The van der Waals surface area contributed by atoms with Crippen molar-refractivity contribution < 1.29 is 69.6 Å². The van der Waals surface area contributed by atoms with Crippen LogP contribution in [0, 0.1) is 0 Å². The molecular weight excluding hydrogens is 260 g/mol. The maximum Gasteiger partial charge on any atom is 1.00 e. The van der Waals surface area contributed by atoms with Gasteiger partial charge in [-0.25, -0.2) is 0 Å². The van der Waals surface area contributed by atoms with Crippen molar-refractivity contribution in [3.8, 4) is 0 Å². The minimum Gasteiger partial charge on any atom is -1.00 e. The van der Waals surface area contributed by atoms with Gasteiger partial charge in [0.15, 0.2) is 0 Å². The van der Waals surface area contributed by atoms with Crippen molar-refractivity contribution in [3.63, 3.8) is 0 Å². The third-order valence-corrected chi connectivity index (χ3v) is 0. The van der Waals surface area contributed by atoms with E-state index in [9.17, 15) is 0 Å². The molecule has 0 aliphatic carbocycles. The van der Waals surface area contributed by atoms with Crippen molar-refractivity contribution in [1.29, 1.82) is 0 Å². The quantitative estimate of drug-likeness (QED) is 0.356. The Balaban J connectivity index is 0. The fourth-order valence-electron chi connectivity index (χ4n) is 0. The summed E-state index contributed by atoms with van der Waals surface area (Å²) in [5.41, 5.74) is 0. The van der Waals surface area contributed by atoms with Gasteiger partial charge in [-0.05, 0) is 0 Å². The van der Waals surface area contributed by atoms with Gasteiger partial charge in [0.25, 0.3) is 0 Å². The fraction of sp³-hybridized carbons (Fsp3) is 0. The van der Waals surface area contributed by atoms with Crippen LogP contribution in [0.4, 0.5) is 0 Å². The molecule has 0 aliphatic heterocycles. The minimum atomic E-state index is 0. The first-order valence-electron chi connectivity index (χ1n) is 0. The first kappa shape index (κ1) is 27.2. The Hall–Kier alpha value is 3.16. The van der Waals surface area contributed by atoms with Crippen LogP contribution in [0.1, 0.15) is 1.43 Å². The molecule has 0 rings (SSSR count). The average molecular weight is 263 g/mol. The molecular formula is H3ClCoIK. The van der Waals surface area contributed by atoms with Crippen LogP contribution >= 0.6 is 36.4 Å². The Morgan fingerprint density at radius 3 is 1.25 bits per heavy atom. The van der Waals surface area contributed by atoms with Gasteiger partial charge in [-0.2, -0.15) is 0 Å². The third-order valence-electron chi connectivity index (χ3n) is 0. The third kappa shape index (κ3) is 8.94. The van der Waals surface area contributed by atoms with E-state index in [2.05, 4.69) is 0 Å². The van der Waals surface area contributed by atoms with Gasteiger partial charge < -0.3 is 1.43 Å². The van der Waals surface area contributed by atoms with Crippen LogP contribution < -0.4 is 51.4 Å². The van der Waals surface area contributed by atoms with Gasteiger partial charge in [0.1, 0.15) is 0 Å². The van der Waals surface area contributed by atoms with Gasteiger partial charge in [0, 0.05) is 16.8 Å². The van der Waals surface area contributed by atoms with Crippen LogP contribution in [0.25, 0.3) is 0 Å². The van der Waals surface area contributed by atoms with Gasteiger partial charge in [0.2, 0.25) is 0 Å². The zero-order valence-corrected chi connectivity index (χ0v) is 9.46. The predicted octanol–water partition coefficient (Wildman–Crippen LogP) is -1.85. The Labute approximate surface area is 103 Å². The molecule has 0 saturated carbocycles. The molecule has 0 unspecified atom stereocenters. The Morgan fingerprint density at radius 2 is 1.25 bits per heavy atom. The zero-order chi connectivity index (χ0) is 0. The van der Waals surface area contributed by atoms with E-state index in [0.29, 0.717) is 0 Å². The molecule has 0 amide bonds. The van der Waals surface area contributed by atoms with Crippen LogP contribution in [-0.4, -0.2) is 0 Å². The predicted molar refractivity (Wildman–Crippen MR) is 23.8 cm³/mol.